The number of thiophene rings is 1. The van der Waals surface area contributed by atoms with Gasteiger partial charge in [0.25, 0.3) is 0 Å². The van der Waals surface area contributed by atoms with Gasteiger partial charge in [-0.05, 0) is 55.6 Å². The maximum absolute atomic E-state index is 2.45. The average Bonchev–Trinajstić information content (AvgIpc) is 3.43. The molecule has 1 heteroatoms. The molecule has 0 N–H and O–H groups in total. The first-order chi connectivity index (χ1) is 17.6. The molecule has 0 spiro atoms. The molecular formula is C35H24S. The van der Waals surface area contributed by atoms with Gasteiger partial charge in [0.1, 0.15) is 0 Å². The maximum atomic E-state index is 2.45. The minimum Gasteiger partial charge on any atom is -0.134 e. The van der Waals surface area contributed by atoms with Gasteiger partial charge in [-0.3, -0.25) is 0 Å². The summed E-state index contributed by atoms with van der Waals surface area (Å²) in [5.41, 5.74) is 8.24. The van der Waals surface area contributed by atoms with Gasteiger partial charge >= 0.3 is 0 Å². The molecule has 0 saturated carbocycles. The fourth-order valence-corrected chi connectivity index (χ4v) is 7.92. The van der Waals surface area contributed by atoms with Gasteiger partial charge in [-0.25, -0.2) is 0 Å². The van der Waals surface area contributed by atoms with Crippen molar-refractivity contribution in [3.05, 3.63) is 120 Å². The van der Waals surface area contributed by atoms with Gasteiger partial charge in [-0.2, -0.15) is 0 Å². The van der Waals surface area contributed by atoms with E-state index in [4.69, 9.17) is 0 Å². The summed E-state index contributed by atoms with van der Waals surface area (Å²) in [5.74, 6) is 0. The summed E-state index contributed by atoms with van der Waals surface area (Å²) in [4.78, 5) is 0. The van der Waals surface area contributed by atoms with Gasteiger partial charge in [-0.15, -0.1) is 11.3 Å². The smallest absolute Gasteiger partial charge is 0.0440 e. The number of fused-ring (bicyclic) bond motifs is 11. The van der Waals surface area contributed by atoms with E-state index in [-0.39, 0.29) is 5.41 Å². The largest absolute Gasteiger partial charge is 0.134 e. The number of hydrogen-bond acceptors (Lipinski definition) is 1. The van der Waals surface area contributed by atoms with Crippen LogP contribution >= 0.6 is 11.3 Å². The van der Waals surface area contributed by atoms with E-state index in [1.54, 1.807) is 0 Å². The van der Waals surface area contributed by atoms with E-state index in [9.17, 15) is 0 Å². The van der Waals surface area contributed by atoms with Crippen LogP contribution in [0, 0.1) is 0 Å². The van der Waals surface area contributed by atoms with Crippen molar-refractivity contribution in [2.45, 2.75) is 19.3 Å². The zero-order chi connectivity index (χ0) is 24.0. The van der Waals surface area contributed by atoms with Gasteiger partial charge in [0.15, 0.2) is 0 Å². The van der Waals surface area contributed by atoms with Crippen molar-refractivity contribution in [1.29, 1.82) is 0 Å². The molecule has 1 heterocycles. The summed E-state index contributed by atoms with van der Waals surface area (Å²) >= 11 is 1.95. The summed E-state index contributed by atoms with van der Waals surface area (Å²) in [5, 5.41) is 8.12. The number of hydrogen-bond donors (Lipinski definition) is 0. The molecule has 0 aliphatic heterocycles. The zero-order valence-corrected chi connectivity index (χ0v) is 21.1. The highest BCUT2D eigenvalue weighted by atomic mass is 32.1. The monoisotopic (exact) mass is 476 g/mol. The Bertz CT molecular complexity index is 2020. The van der Waals surface area contributed by atoms with Crippen LogP contribution in [0.5, 0.6) is 0 Å². The maximum Gasteiger partial charge on any atom is 0.0440 e. The summed E-state index contributed by atoms with van der Waals surface area (Å²) < 4.78 is 2.77. The van der Waals surface area contributed by atoms with Crippen molar-refractivity contribution >= 4 is 53.1 Å². The van der Waals surface area contributed by atoms with Crippen LogP contribution in [0.2, 0.25) is 0 Å². The van der Waals surface area contributed by atoms with E-state index in [0.717, 1.165) is 0 Å². The second kappa shape index (κ2) is 7.06. The minimum atomic E-state index is 0.00238. The summed E-state index contributed by atoms with van der Waals surface area (Å²) in [6, 6.07) is 40.6. The van der Waals surface area contributed by atoms with Gasteiger partial charge in [0.2, 0.25) is 0 Å². The second-order valence-electron chi connectivity index (χ2n) is 10.5. The van der Waals surface area contributed by atoms with Crippen molar-refractivity contribution in [3.63, 3.8) is 0 Å². The van der Waals surface area contributed by atoms with Crippen molar-refractivity contribution < 1.29 is 0 Å². The zero-order valence-electron chi connectivity index (χ0n) is 20.3. The van der Waals surface area contributed by atoms with Gasteiger partial charge in [0.05, 0.1) is 0 Å². The summed E-state index contributed by atoms with van der Waals surface area (Å²) in [6.07, 6.45) is 0. The molecule has 36 heavy (non-hydrogen) atoms. The molecule has 170 valence electrons. The van der Waals surface area contributed by atoms with Gasteiger partial charge in [-0.1, -0.05) is 117 Å². The molecule has 0 atom stereocenters. The predicted molar refractivity (Wildman–Crippen MR) is 157 cm³/mol. The van der Waals surface area contributed by atoms with Crippen LogP contribution in [-0.2, 0) is 5.41 Å². The molecule has 0 unspecified atom stereocenters. The molecular weight excluding hydrogens is 452 g/mol. The Hall–Kier alpha value is -3.94. The molecule has 8 rings (SSSR count). The van der Waals surface area contributed by atoms with Crippen molar-refractivity contribution in [1.82, 2.24) is 0 Å². The molecule has 0 amide bonds. The third-order valence-corrected chi connectivity index (χ3v) is 9.54. The van der Waals surface area contributed by atoms with Crippen LogP contribution in [0.3, 0.4) is 0 Å². The standard InChI is InChI=1S/C35H24S/c1-35(2)30-17-8-7-12-25(30)26-19-18-21(20-31(26)35)22-15-9-16-29-32-27-13-5-3-10-23(27)24-11-4-6-14-28(24)34(32)36-33(22)29/h3-20H,1-2H3. The Morgan fingerprint density at radius 2 is 1.08 bits per heavy atom. The summed E-state index contributed by atoms with van der Waals surface area (Å²) in [6.45, 7) is 4.72. The van der Waals surface area contributed by atoms with E-state index >= 15 is 0 Å². The molecule has 0 radical (unpaired) electrons. The SMILES string of the molecule is CC1(C)c2ccccc2-c2ccc(-c3cccc4c3sc3c5ccccc5c5ccccc5c43)cc21. The average molecular weight is 477 g/mol. The normalized spacial score (nSPS) is 14.1. The highest BCUT2D eigenvalue weighted by Crippen LogP contribution is 2.51. The lowest BCUT2D eigenvalue weighted by Gasteiger charge is -2.22. The molecule has 1 aromatic heterocycles. The Labute approximate surface area is 214 Å². The molecule has 1 aliphatic rings. The van der Waals surface area contributed by atoms with E-state index < -0.39 is 0 Å². The van der Waals surface area contributed by atoms with Crippen LogP contribution < -0.4 is 0 Å². The molecule has 0 saturated heterocycles. The summed E-state index contributed by atoms with van der Waals surface area (Å²) in [7, 11) is 0. The quantitative estimate of drug-likeness (QED) is 0.207. The van der Waals surface area contributed by atoms with Crippen molar-refractivity contribution in [2.24, 2.45) is 0 Å². The van der Waals surface area contributed by atoms with Crippen LogP contribution in [-0.4, -0.2) is 0 Å². The number of rotatable bonds is 1. The third kappa shape index (κ3) is 2.54. The fraction of sp³-hybridized carbons (Fsp3) is 0.0857. The minimum absolute atomic E-state index is 0.00238. The van der Waals surface area contributed by atoms with Crippen LogP contribution in [0.25, 0.3) is 64.0 Å². The Morgan fingerprint density at radius 3 is 1.92 bits per heavy atom. The highest BCUT2D eigenvalue weighted by molar-refractivity contribution is 7.27. The van der Waals surface area contributed by atoms with Crippen molar-refractivity contribution in [3.8, 4) is 22.3 Å². The van der Waals surface area contributed by atoms with E-state index in [1.165, 1.54) is 75.1 Å². The molecule has 6 aromatic carbocycles. The first-order valence-corrected chi connectivity index (χ1v) is 13.4. The first kappa shape index (κ1) is 20.3. The van der Waals surface area contributed by atoms with E-state index in [1.807, 2.05) is 11.3 Å². The lowest BCUT2D eigenvalue weighted by molar-refractivity contribution is 0.660. The van der Waals surface area contributed by atoms with Gasteiger partial charge < -0.3 is 0 Å². The Balaban J connectivity index is 1.45. The van der Waals surface area contributed by atoms with Crippen LogP contribution in [0.4, 0.5) is 0 Å². The topological polar surface area (TPSA) is 0 Å². The predicted octanol–water partition coefficient (Wildman–Crippen LogP) is 10.3. The van der Waals surface area contributed by atoms with E-state index in [2.05, 4.69) is 123 Å². The molecule has 0 bridgehead atoms. The van der Waals surface area contributed by atoms with Crippen LogP contribution in [0.15, 0.2) is 109 Å². The molecule has 0 nitrogen and oxygen atoms in total. The number of benzene rings is 6. The molecule has 7 aromatic rings. The Morgan fingerprint density at radius 1 is 0.472 bits per heavy atom. The van der Waals surface area contributed by atoms with Crippen LogP contribution in [0.1, 0.15) is 25.0 Å². The van der Waals surface area contributed by atoms with Gasteiger partial charge in [0, 0.05) is 31.0 Å². The molecule has 1 aliphatic carbocycles. The van der Waals surface area contributed by atoms with E-state index in [0.29, 0.717) is 0 Å². The lowest BCUT2D eigenvalue weighted by Crippen LogP contribution is -2.14. The lowest BCUT2D eigenvalue weighted by atomic mass is 9.81. The Kier molecular flexibility index (Phi) is 3.97. The first-order valence-electron chi connectivity index (χ1n) is 12.6. The fourth-order valence-electron chi connectivity index (χ4n) is 6.53. The third-order valence-electron chi connectivity index (χ3n) is 8.27. The second-order valence-corrected chi connectivity index (χ2v) is 11.5. The molecule has 0 fully saturated rings. The van der Waals surface area contributed by atoms with Crippen molar-refractivity contribution in [2.75, 3.05) is 0 Å². The highest BCUT2D eigenvalue weighted by Gasteiger charge is 2.35.